The number of nitrogens with zero attached hydrogens (tertiary/aromatic N) is 6. The first-order valence-corrected chi connectivity index (χ1v) is 14.1. The fourth-order valence-corrected chi connectivity index (χ4v) is 4.40. The van der Waals surface area contributed by atoms with Gasteiger partial charge in [0.2, 0.25) is 6.20 Å². The van der Waals surface area contributed by atoms with Gasteiger partial charge >= 0.3 is 12.2 Å². The molecule has 0 unspecified atom stereocenters. The van der Waals surface area contributed by atoms with Crippen LogP contribution in [0.15, 0.2) is 22.9 Å². The van der Waals surface area contributed by atoms with Crippen LogP contribution in [0.4, 0.5) is 9.59 Å². The molecule has 2 aromatic rings. The summed E-state index contributed by atoms with van der Waals surface area (Å²) in [5.74, 6) is 0. The smallest absolute Gasteiger partial charge is 0.410 e. The first-order chi connectivity index (χ1) is 18.4. The van der Waals surface area contributed by atoms with Gasteiger partial charge < -0.3 is 19.3 Å². The Morgan fingerprint density at radius 3 is 2.05 bits per heavy atom. The quantitative estimate of drug-likeness (QED) is 0.377. The molecule has 0 bridgehead atoms. The fraction of sp³-hybridized carbons (Fsp3) is 0.704. The van der Waals surface area contributed by atoms with Gasteiger partial charge in [-0.25, -0.2) is 9.59 Å². The van der Waals surface area contributed by atoms with Gasteiger partial charge in [0, 0.05) is 13.2 Å². The number of aliphatic hydroxyl groups is 1. The van der Waals surface area contributed by atoms with Crippen LogP contribution in [-0.2, 0) is 48.1 Å². The van der Waals surface area contributed by atoms with E-state index in [1.165, 1.54) is 4.90 Å². The molecule has 2 rings (SSSR count). The van der Waals surface area contributed by atoms with Crippen LogP contribution in [0.3, 0.4) is 0 Å². The van der Waals surface area contributed by atoms with Crippen LogP contribution in [0.2, 0.25) is 0 Å². The predicted molar refractivity (Wildman–Crippen MR) is 152 cm³/mol. The average molecular weight is 631 g/mol. The Kier molecular flexibility index (Phi) is 11.6. The Bertz CT molecular complexity index is 1130. The summed E-state index contributed by atoms with van der Waals surface area (Å²) in [6.07, 6.45) is 1.57. The van der Waals surface area contributed by atoms with Crippen molar-refractivity contribution in [3.05, 3.63) is 34.3 Å². The largest absolute Gasteiger partial charge is 0.444 e. The van der Waals surface area contributed by atoms with E-state index < -0.39 is 29.5 Å². The lowest BCUT2D eigenvalue weighted by molar-refractivity contribution is -0.804. The second-order valence-electron chi connectivity index (χ2n) is 12.0. The maximum absolute atomic E-state index is 13.0. The van der Waals surface area contributed by atoms with Crippen molar-refractivity contribution in [2.24, 2.45) is 14.1 Å². The van der Waals surface area contributed by atoms with E-state index in [1.54, 1.807) is 43.5 Å². The minimum atomic E-state index is -0.720. The van der Waals surface area contributed by atoms with E-state index >= 15 is 0 Å². The van der Waals surface area contributed by atoms with E-state index in [0.29, 0.717) is 13.1 Å². The summed E-state index contributed by atoms with van der Waals surface area (Å²) in [5.41, 5.74) is 0.381. The zero-order chi connectivity index (χ0) is 30.4. The number of hydrogen-bond acceptors (Lipinski definition) is 7. The highest BCUT2D eigenvalue weighted by Gasteiger charge is 2.29. The maximum atomic E-state index is 13.0. The number of carbonyl (C=O) groups excluding carboxylic acids is 2. The number of aliphatic hydroxyl groups excluding tert-OH is 1. The van der Waals surface area contributed by atoms with Crippen LogP contribution in [0, 0.1) is 0 Å². The van der Waals surface area contributed by atoms with Gasteiger partial charge in [-0.05, 0) is 77.4 Å². The molecule has 2 atom stereocenters. The lowest BCUT2D eigenvalue weighted by atomic mass is 10.2. The van der Waals surface area contributed by atoms with Crippen LogP contribution in [0.5, 0.6) is 0 Å². The van der Waals surface area contributed by atoms with Crippen LogP contribution >= 0.6 is 15.9 Å². The minimum Gasteiger partial charge on any atom is -0.444 e. The summed E-state index contributed by atoms with van der Waals surface area (Å²) < 4.78 is 23.5. The molecule has 0 aliphatic carbocycles. The van der Waals surface area contributed by atoms with E-state index in [1.807, 2.05) is 63.4 Å². The lowest BCUT2D eigenvalue weighted by Crippen LogP contribution is -2.47. The summed E-state index contributed by atoms with van der Waals surface area (Å²) in [7, 11) is 3.69. The van der Waals surface area contributed by atoms with Gasteiger partial charge in [-0.2, -0.15) is 9.78 Å². The van der Waals surface area contributed by atoms with Crippen molar-refractivity contribution in [2.75, 3.05) is 13.1 Å². The molecule has 0 spiro atoms. The number of ether oxygens (including phenoxy) is 3. The van der Waals surface area contributed by atoms with E-state index in [0.717, 1.165) is 15.9 Å². The predicted octanol–water partition coefficient (Wildman–Crippen LogP) is 3.73. The first kappa shape index (κ1) is 33.6. The third-order valence-corrected chi connectivity index (χ3v) is 6.35. The highest BCUT2D eigenvalue weighted by Crippen LogP contribution is 2.19. The molecule has 40 heavy (non-hydrogen) atoms. The molecule has 2 heterocycles. The number of carbonyl (C=O) groups is 2. The monoisotopic (exact) mass is 629 g/mol. The molecular formula is C27H46BrN6O6+. The summed E-state index contributed by atoms with van der Waals surface area (Å²) >= 11 is 3.59. The Balaban J connectivity index is 2.12. The molecule has 2 amide bonds. The Labute approximate surface area is 245 Å². The highest BCUT2D eigenvalue weighted by atomic mass is 79.9. The average Bonchev–Trinajstić information content (AvgIpc) is 3.31. The number of aryl methyl sites for hydroxylation is 1. The van der Waals surface area contributed by atoms with Gasteiger partial charge in [0.1, 0.15) is 21.4 Å². The van der Waals surface area contributed by atoms with Crippen molar-refractivity contribution in [1.29, 1.82) is 0 Å². The molecule has 0 aromatic carbocycles. The summed E-state index contributed by atoms with van der Waals surface area (Å²) in [4.78, 5) is 28.9. The summed E-state index contributed by atoms with van der Waals surface area (Å²) in [6.45, 7) is 15.6. The molecule has 0 radical (unpaired) electrons. The molecule has 0 fully saturated rings. The molecule has 0 saturated carbocycles. The van der Waals surface area contributed by atoms with Crippen LogP contribution < -0.4 is 4.68 Å². The third-order valence-electron chi connectivity index (χ3n) is 5.69. The molecule has 12 nitrogen and oxygen atoms in total. The number of aromatic nitrogens is 4. The van der Waals surface area contributed by atoms with Gasteiger partial charge in [-0.15, -0.1) is 0 Å². The van der Waals surface area contributed by atoms with Crippen LogP contribution in [0.25, 0.3) is 0 Å². The van der Waals surface area contributed by atoms with Crippen LogP contribution in [0.1, 0.15) is 66.8 Å². The number of amides is 2. The first-order valence-electron chi connectivity index (χ1n) is 13.3. The zero-order valence-electron chi connectivity index (χ0n) is 25.5. The molecular weight excluding hydrogens is 584 g/mol. The molecule has 0 aliphatic rings. The molecule has 0 saturated heterocycles. The third kappa shape index (κ3) is 10.7. The van der Waals surface area contributed by atoms with Crippen LogP contribution in [-0.4, -0.2) is 78.1 Å². The van der Waals surface area contributed by atoms with Crippen molar-refractivity contribution >= 4 is 28.1 Å². The van der Waals surface area contributed by atoms with Gasteiger partial charge in [0.25, 0.3) is 6.73 Å². The highest BCUT2D eigenvalue weighted by molar-refractivity contribution is 9.10. The molecule has 13 heteroatoms. The lowest BCUT2D eigenvalue weighted by Gasteiger charge is -2.29. The minimum absolute atomic E-state index is 0.122. The standard InChI is InChI=1S/C27H46BrN6O6/c1-19(35)13-32(24(36)39-26(3,4)5)17-23-22(28)16-34(31(23)10)18-38-20(2)14-33(25(37)40-27(6,7)8)15-21-11-12-29-30(21)9/h11-12,16,19-20,35H,13-15,17-18H2,1-10H3/q+1/t19-,20-/m0/s1. The normalized spacial score (nSPS) is 13.6. The van der Waals surface area contributed by atoms with E-state index in [9.17, 15) is 14.7 Å². The fourth-order valence-electron chi connectivity index (χ4n) is 3.78. The topological polar surface area (TPSA) is 115 Å². The van der Waals surface area contributed by atoms with Crippen molar-refractivity contribution in [1.82, 2.24) is 24.3 Å². The van der Waals surface area contributed by atoms with Crippen molar-refractivity contribution in [2.45, 2.75) is 98.6 Å². The van der Waals surface area contributed by atoms with Crippen molar-refractivity contribution in [3.63, 3.8) is 0 Å². The Morgan fingerprint density at radius 1 is 1.02 bits per heavy atom. The number of halogens is 1. The number of hydrogen-bond donors (Lipinski definition) is 1. The van der Waals surface area contributed by atoms with Gasteiger partial charge in [0.05, 0.1) is 51.1 Å². The van der Waals surface area contributed by atoms with Gasteiger partial charge in [-0.1, -0.05) is 4.68 Å². The molecule has 1 N–H and O–H groups in total. The zero-order valence-corrected chi connectivity index (χ0v) is 27.1. The number of rotatable bonds is 11. The Hall–Kier alpha value is -2.64. The second kappa shape index (κ2) is 13.8. The van der Waals surface area contributed by atoms with E-state index in [4.69, 9.17) is 14.2 Å². The van der Waals surface area contributed by atoms with Crippen molar-refractivity contribution in [3.8, 4) is 0 Å². The van der Waals surface area contributed by atoms with Crippen molar-refractivity contribution < 1.29 is 33.6 Å². The Morgan fingerprint density at radius 2 is 1.57 bits per heavy atom. The SMILES string of the molecule is C[C@H](O)CN(Cc1c(Br)c[n+](CO[C@@H](C)CN(Cc2ccnn2C)C(=O)OC(C)(C)C)n1C)C(=O)OC(C)(C)C. The molecule has 0 aliphatic heterocycles. The summed E-state index contributed by atoms with van der Waals surface area (Å²) in [5, 5.41) is 14.2. The van der Waals surface area contributed by atoms with E-state index in [2.05, 4.69) is 21.0 Å². The molecule has 226 valence electrons. The maximum Gasteiger partial charge on any atom is 0.410 e. The molecule has 2 aromatic heterocycles. The second-order valence-corrected chi connectivity index (χ2v) is 12.9. The van der Waals surface area contributed by atoms with E-state index in [-0.39, 0.29) is 25.9 Å². The summed E-state index contributed by atoms with van der Waals surface area (Å²) in [6, 6.07) is 1.86. The van der Waals surface area contributed by atoms with Gasteiger partial charge in [-0.3, -0.25) is 14.5 Å². The van der Waals surface area contributed by atoms with Gasteiger partial charge in [0.15, 0.2) is 0 Å².